The van der Waals surface area contributed by atoms with E-state index in [1.54, 1.807) is 14.2 Å². The molecule has 0 saturated carbocycles. The van der Waals surface area contributed by atoms with E-state index in [1.807, 2.05) is 18.2 Å². The lowest BCUT2D eigenvalue weighted by Crippen LogP contribution is -2.38. The molecule has 0 aromatic heterocycles. The molecule has 116 valence electrons. The van der Waals surface area contributed by atoms with Crippen molar-refractivity contribution in [3.63, 3.8) is 0 Å². The molecule has 21 heavy (non-hydrogen) atoms. The number of oxime groups is 1. The molecule has 0 radical (unpaired) electrons. The topological polar surface area (TPSA) is 80.3 Å². The lowest BCUT2D eigenvalue weighted by Gasteiger charge is -2.32. The second kappa shape index (κ2) is 7.28. The van der Waals surface area contributed by atoms with E-state index < -0.39 is 0 Å². The van der Waals surface area contributed by atoms with Gasteiger partial charge in [0.05, 0.1) is 18.8 Å². The average Bonchev–Trinajstić information content (AvgIpc) is 2.54. The number of likely N-dealkylation sites (tertiary alicyclic amines) is 1. The Labute approximate surface area is 125 Å². The normalized spacial score (nSPS) is 20.5. The monoisotopic (exact) mass is 293 g/mol. The molecule has 1 atom stereocenters. The molecule has 1 fully saturated rings. The first-order valence-electron chi connectivity index (χ1n) is 7.08. The number of piperidine rings is 1. The molecule has 1 aromatic rings. The molecule has 0 spiro atoms. The predicted octanol–water partition coefficient (Wildman–Crippen LogP) is 1.40. The van der Waals surface area contributed by atoms with Crippen LogP contribution in [-0.2, 0) is 11.3 Å². The van der Waals surface area contributed by atoms with Crippen molar-refractivity contribution in [2.75, 3.05) is 27.3 Å². The maximum absolute atomic E-state index is 8.87. The summed E-state index contributed by atoms with van der Waals surface area (Å²) in [6.07, 6.45) is 2.56. The molecule has 1 aliphatic heterocycles. The summed E-state index contributed by atoms with van der Waals surface area (Å²) in [6.45, 7) is 2.81. The maximum Gasteiger partial charge on any atom is 0.173 e. The van der Waals surface area contributed by atoms with Crippen LogP contribution in [-0.4, -0.2) is 49.4 Å². The molecule has 0 bridgehead atoms. The van der Waals surface area contributed by atoms with Gasteiger partial charge in [0.1, 0.15) is 5.75 Å². The van der Waals surface area contributed by atoms with Crippen molar-refractivity contribution in [2.24, 2.45) is 10.9 Å². The van der Waals surface area contributed by atoms with Crippen LogP contribution in [0.25, 0.3) is 0 Å². The lowest BCUT2D eigenvalue weighted by atomic mass is 10.0. The maximum atomic E-state index is 8.87. The molecule has 1 unspecified atom stereocenters. The summed E-state index contributed by atoms with van der Waals surface area (Å²) in [4.78, 5) is 2.36. The highest BCUT2D eigenvalue weighted by Crippen LogP contribution is 2.22. The van der Waals surface area contributed by atoms with Crippen molar-refractivity contribution in [3.05, 3.63) is 29.3 Å². The van der Waals surface area contributed by atoms with Crippen molar-refractivity contribution in [1.82, 2.24) is 4.90 Å². The number of amidine groups is 1. The SMILES string of the molecule is COc1ccc(CN2CCCC(OC)C2)cc1/C(N)=N/O. The molecule has 1 aliphatic rings. The molecule has 6 nitrogen and oxygen atoms in total. The molecular weight excluding hydrogens is 270 g/mol. The van der Waals surface area contributed by atoms with Crippen molar-refractivity contribution in [3.8, 4) is 5.75 Å². The number of hydrogen-bond donors (Lipinski definition) is 2. The van der Waals surface area contributed by atoms with Gasteiger partial charge >= 0.3 is 0 Å². The summed E-state index contributed by atoms with van der Waals surface area (Å²) < 4.78 is 10.7. The van der Waals surface area contributed by atoms with Gasteiger partial charge < -0.3 is 20.4 Å². The molecule has 3 N–H and O–H groups in total. The van der Waals surface area contributed by atoms with Gasteiger partial charge in [-0.05, 0) is 37.1 Å². The van der Waals surface area contributed by atoms with E-state index >= 15 is 0 Å². The molecule has 0 amide bonds. The van der Waals surface area contributed by atoms with Gasteiger partial charge in [0, 0.05) is 20.2 Å². The summed E-state index contributed by atoms with van der Waals surface area (Å²) in [7, 11) is 3.33. The molecule has 1 saturated heterocycles. The number of rotatable bonds is 5. The van der Waals surface area contributed by atoms with E-state index in [4.69, 9.17) is 20.4 Å². The van der Waals surface area contributed by atoms with Crippen LogP contribution in [0.2, 0.25) is 0 Å². The minimum Gasteiger partial charge on any atom is -0.496 e. The van der Waals surface area contributed by atoms with E-state index in [9.17, 15) is 0 Å². The molecule has 2 rings (SSSR count). The summed E-state index contributed by atoms with van der Waals surface area (Å²) in [6, 6.07) is 5.76. The minimum atomic E-state index is 0.0575. The Kier molecular flexibility index (Phi) is 5.41. The first-order valence-corrected chi connectivity index (χ1v) is 7.08. The number of ether oxygens (including phenoxy) is 2. The lowest BCUT2D eigenvalue weighted by molar-refractivity contribution is 0.0285. The van der Waals surface area contributed by atoms with Gasteiger partial charge in [0.25, 0.3) is 0 Å². The van der Waals surface area contributed by atoms with Gasteiger partial charge in [0.15, 0.2) is 5.84 Å². The Bertz CT molecular complexity index is 505. The van der Waals surface area contributed by atoms with E-state index in [0.717, 1.165) is 38.0 Å². The quantitative estimate of drug-likeness (QED) is 0.371. The van der Waals surface area contributed by atoms with Gasteiger partial charge in [-0.3, -0.25) is 4.90 Å². The summed E-state index contributed by atoms with van der Waals surface area (Å²) in [5.74, 6) is 0.657. The van der Waals surface area contributed by atoms with Crippen molar-refractivity contribution >= 4 is 5.84 Å². The first kappa shape index (κ1) is 15.6. The van der Waals surface area contributed by atoms with Crippen LogP contribution >= 0.6 is 0 Å². The zero-order valence-corrected chi connectivity index (χ0v) is 12.6. The van der Waals surface area contributed by atoms with Crippen molar-refractivity contribution < 1.29 is 14.7 Å². The predicted molar refractivity (Wildman–Crippen MR) is 80.8 cm³/mol. The second-order valence-corrected chi connectivity index (χ2v) is 5.25. The van der Waals surface area contributed by atoms with E-state index in [0.29, 0.717) is 17.4 Å². The van der Waals surface area contributed by atoms with E-state index in [2.05, 4.69) is 10.1 Å². The van der Waals surface area contributed by atoms with Crippen LogP contribution in [0.1, 0.15) is 24.0 Å². The molecule has 0 aliphatic carbocycles. The number of nitrogens with zero attached hydrogens (tertiary/aromatic N) is 2. The molecule has 1 aromatic carbocycles. The Hall–Kier alpha value is -1.79. The van der Waals surface area contributed by atoms with Crippen molar-refractivity contribution in [2.45, 2.75) is 25.5 Å². The van der Waals surface area contributed by atoms with Crippen LogP contribution in [0.15, 0.2) is 23.4 Å². The summed E-state index contributed by atoms with van der Waals surface area (Å²) in [5, 5.41) is 11.9. The number of hydrogen-bond acceptors (Lipinski definition) is 5. The Balaban J connectivity index is 2.13. The number of methoxy groups -OCH3 is 2. The van der Waals surface area contributed by atoms with Gasteiger partial charge in [-0.1, -0.05) is 11.2 Å². The van der Waals surface area contributed by atoms with Crippen LogP contribution in [0.5, 0.6) is 5.75 Å². The van der Waals surface area contributed by atoms with Crippen molar-refractivity contribution in [1.29, 1.82) is 0 Å². The van der Waals surface area contributed by atoms with Gasteiger partial charge in [-0.2, -0.15) is 0 Å². The highest BCUT2D eigenvalue weighted by molar-refractivity contribution is 5.99. The third kappa shape index (κ3) is 3.86. The summed E-state index contributed by atoms with van der Waals surface area (Å²) >= 11 is 0. The highest BCUT2D eigenvalue weighted by Gasteiger charge is 2.20. The van der Waals surface area contributed by atoms with Gasteiger partial charge in [-0.25, -0.2) is 0 Å². The fourth-order valence-corrected chi connectivity index (χ4v) is 2.71. The Morgan fingerprint density at radius 3 is 2.95 bits per heavy atom. The molecule has 6 heteroatoms. The zero-order valence-electron chi connectivity index (χ0n) is 12.6. The average molecular weight is 293 g/mol. The number of benzene rings is 1. The van der Waals surface area contributed by atoms with E-state index in [1.165, 1.54) is 0 Å². The highest BCUT2D eigenvalue weighted by atomic mass is 16.5. The molecule has 1 heterocycles. The second-order valence-electron chi connectivity index (χ2n) is 5.25. The third-order valence-corrected chi connectivity index (χ3v) is 3.85. The van der Waals surface area contributed by atoms with Crippen LogP contribution < -0.4 is 10.5 Å². The van der Waals surface area contributed by atoms with Crippen LogP contribution in [0.4, 0.5) is 0 Å². The first-order chi connectivity index (χ1) is 10.2. The van der Waals surface area contributed by atoms with Crippen LogP contribution in [0.3, 0.4) is 0 Å². The smallest absolute Gasteiger partial charge is 0.173 e. The fraction of sp³-hybridized carbons (Fsp3) is 0.533. The fourth-order valence-electron chi connectivity index (χ4n) is 2.71. The van der Waals surface area contributed by atoms with Gasteiger partial charge in [-0.15, -0.1) is 0 Å². The van der Waals surface area contributed by atoms with E-state index in [-0.39, 0.29) is 5.84 Å². The zero-order chi connectivity index (χ0) is 15.2. The Morgan fingerprint density at radius 1 is 1.48 bits per heavy atom. The summed E-state index contributed by atoms with van der Waals surface area (Å²) in [5.41, 5.74) is 7.42. The largest absolute Gasteiger partial charge is 0.496 e. The Morgan fingerprint density at radius 2 is 2.29 bits per heavy atom. The van der Waals surface area contributed by atoms with Crippen LogP contribution in [0, 0.1) is 0 Å². The molecular formula is C15H23N3O3. The van der Waals surface area contributed by atoms with Gasteiger partial charge in [0.2, 0.25) is 0 Å². The minimum absolute atomic E-state index is 0.0575. The third-order valence-electron chi connectivity index (χ3n) is 3.85. The number of nitrogens with two attached hydrogens (primary N) is 1. The standard InChI is InChI=1S/C15H23N3O3/c1-20-12-4-3-7-18(10-12)9-11-5-6-14(21-2)13(8-11)15(16)17-19/h5-6,8,12,19H,3-4,7,9-10H2,1-2H3,(H2,16,17).